The molecule has 2 saturated heterocycles. The number of hydrogen-bond acceptors (Lipinski definition) is 4. The molecule has 23 heavy (non-hydrogen) atoms. The van der Waals surface area contributed by atoms with Gasteiger partial charge < -0.3 is 19.9 Å². The van der Waals surface area contributed by atoms with Crippen molar-refractivity contribution in [1.82, 2.24) is 15.1 Å². The van der Waals surface area contributed by atoms with Crippen LogP contribution in [0, 0.1) is 11.3 Å². The second-order valence-electron chi connectivity index (χ2n) is 7.99. The van der Waals surface area contributed by atoms with Gasteiger partial charge in [-0.1, -0.05) is 20.8 Å². The van der Waals surface area contributed by atoms with Gasteiger partial charge in [-0.3, -0.25) is 4.79 Å². The second-order valence-corrected chi connectivity index (χ2v) is 7.99. The van der Waals surface area contributed by atoms with Crippen LogP contribution in [0.15, 0.2) is 0 Å². The van der Waals surface area contributed by atoms with Crippen molar-refractivity contribution in [3.05, 3.63) is 0 Å². The molecule has 132 valence electrons. The van der Waals surface area contributed by atoms with E-state index in [2.05, 4.69) is 35.9 Å². The van der Waals surface area contributed by atoms with Crippen molar-refractivity contribution >= 4 is 5.91 Å². The van der Waals surface area contributed by atoms with Gasteiger partial charge in [-0.25, -0.2) is 0 Å². The number of amides is 1. The van der Waals surface area contributed by atoms with Gasteiger partial charge in [-0.15, -0.1) is 0 Å². The zero-order valence-electron chi connectivity index (χ0n) is 15.0. The molecule has 0 unspecified atom stereocenters. The number of hydrogen-bond donors (Lipinski definition) is 1. The number of likely N-dealkylation sites (N-methyl/N-ethyl adjacent to an activating group) is 1. The fraction of sp³-hybridized carbons (Fsp3) is 0.944. The maximum Gasteiger partial charge on any atom is 0.221 e. The van der Waals surface area contributed by atoms with E-state index < -0.39 is 0 Å². The van der Waals surface area contributed by atoms with Gasteiger partial charge >= 0.3 is 0 Å². The molecule has 0 bridgehead atoms. The lowest BCUT2D eigenvalue weighted by atomic mass is 9.55. The molecule has 0 aromatic heterocycles. The van der Waals surface area contributed by atoms with Crippen molar-refractivity contribution < 1.29 is 9.53 Å². The highest BCUT2D eigenvalue weighted by molar-refractivity contribution is 5.76. The van der Waals surface area contributed by atoms with E-state index in [0.29, 0.717) is 18.4 Å². The van der Waals surface area contributed by atoms with Gasteiger partial charge in [-0.2, -0.15) is 0 Å². The SMILES string of the molecule is CCN1CCN(CCC(=O)N[C@@H]2[C@H]3CCCO[C@H]3C2(C)C)CC1. The Balaban J connectivity index is 1.41. The van der Waals surface area contributed by atoms with Gasteiger partial charge in [0.1, 0.15) is 0 Å². The lowest BCUT2D eigenvalue weighted by Crippen LogP contribution is -2.70. The zero-order valence-corrected chi connectivity index (χ0v) is 15.0. The highest BCUT2D eigenvalue weighted by atomic mass is 16.5. The summed E-state index contributed by atoms with van der Waals surface area (Å²) in [6.45, 7) is 14.0. The molecule has 3 aliphatic rings. The van der Waals surface area contributed by atoms with Crippen LogP contribution in [0.3, 0.4) is 0 Å². The van der Waals surface area contributed by atoms with Gasteiger partial charge in [0, 0.05) is 63.1 Å². The average molecular weight is 323 g/mol. The van der Waals surface area contributed by atoms with Crippen LogP contribution >= 0.6 is 0 Å². The van der Waals surface area contributed by atoms with E-state index in [9.17, 15) is 4.79 Å². The number of nitrogens with zero attached hydrogens (tertiary/aromatic N) is 2. The number of carbonyl (C=O) groups excluding carboxylic acids is 1. The summed E-state index contributed by atoms with van der Waals surface area (Å²) >= 11 is 0. The molecule has 0 aromatic carbocycles. The number of fused-ring (bicyclic) bond motifs is 1. The fourth-order valence-corrected chi connectivity index (χ4v) is 4.65. The van der Waals surface area contributed by atoms with Gasteiger partial charge in [0.15, 0.2) is 0 Å². The Labute approximate surface area is 140 Å². The summed E-state index contributed by atoms with van der Waals surface area (Å²) in [5, 5.41) is 3.31. The summed E-state index contributed by atoms with van der Waals surface area (Å²) in [6.07, 6.45) is 3.28. The molecule has 0 aromatic rings. The van der Waals surface area contributed by atoms with Crippen molar-refractivity contribution in [3.63, 3.8) is 0 Å². The Morgan fingerprint density at radius 3 is 2.61 bits per heavy atom. The molecule has 0 spiro atoms. The van der Waals surface area contributed by atoms with Crippen LogP contribution in [0.25, 0.3) is 0 Å². The standard InChI is InChI=1S/C18H33N3O2/c1-4-20-9-11-21(12-10-20)8-7-15(22)19-16-14-6-5-13-23-17(14)18(16,2)3/h14,16-17H,4-13H2,1-3H3,(H,19,22)/t14-,16-,17-/m1/s1. The van der Waals surface area contributed by atoms with Crippen LogP contribution in [0.4, 0.5) is 0 Å². The first-order valence-electron chi connectivity index (χ1n) is 9.38. The average Bonchev–Trinajstić information content (AvgIpc) is 2.58. The zero-order chi connectivity index (χ0) is 16.4. The van der Waals surface area contributed by atoms with Crippen LogP contribution < -0.4 is 5.32 Å². The van der Waals surface area contributed by atoms with Crippen LogP contribution in [0.2, 0.25) is 0 Å². The highest BCUT2D eigenvalue weighted by Crippen LogP contribution is 2.51. The molecular weight excluding hydrogens is 290 g/mol. The first kappa shape index (κ1) is 17.2. The number of ether oxygens (including phenoxy) is 1. The minimum Gasteiger partial charge on any atom is -0.377 e. The number of nitrogens with one attached hydrogen (secondary N) is 1. The van der Waals surface area contributed by atoms with Gasteiger partial charge in [0.2, 0.25) is 5.91 Å². The molecule has 5 nitrogen and oxygen atoms in total. The summed E-state index contributed by atoms with van der Waals surface area (Å²) in [5.74, 6) is 0.737. The summed E-state index contributed by atoms with van der Waals surface area (Å²) in [6, 6.07) is 0.289. The maximum atomic E-state index is 12.4. The third-order valence-electron chi connectivity index (χ3n) is 6.21. The number of rotatable bonds is 5. The molecule has 3 rings (SSSR count). The maximum absolute atomic E-state index is 12.4. The predicted molar refractivity (Wildman–Crippen MR) is 91.3 cm³/mol. The lowest BCUT2D eigenvalue weighted by molar-refractivity contribution is -0.193. The van der Waals surface area contributed by atoms with Crippen molar-refractivity contribution in [2.45, 2.75) is 52.2 Å². The lowest BCUT2D eigenvalue weighted by Gasteiger charge is -2.59. The van der Waals surface area contributed by atoms with E-state index in [1.807, 2.05) is 0 Å². The van der Waals surface area contributed by atoms with Crippen molar-refractivity contribution in [2.75, 3.05) is 45.9 Å². The van der Waals surface area contributed by atoms with Crippen molar-refractivity contribution in [3.8, 4) is 0 Å². The fourth-order valence-electron chi connectivity index (χ4n) is 4.65. The van der Waals surface area contributed by atoms with Gasteiger partial charge in [0.25, 0.3) is 0 Å². The largest absolute Gasteiger partial charge is 0.377 e. The Morgan fingerprint density at radius 2 is 1.91 bits per heavy atom. The molecule has 2 aliphatic heterocycles. The van der Waals surface area contributed by atoms with E-state index in [4.69, 9.17) is 4.74 Å². The third-order valence-corrected chi connectivity index (χ3v) is 6.21. The molecule has 0 radical (unpaired) electrons. The molecular formula is C18H33N3O2. The normalized spacial score (nSPS) is 34.5. The Hall–Kier alpha value is -0.650. The van der Waals surface area contributed by atoms with Crippen LogP contribution in [0.1, 0.15) is 40.0 Å². The van der Waals surface area contributed by atoms with Crippen LogP contribution in [0.5, 0.6) is 0 Å². The van der Waals surface area contributed by atoms with Crippen molar-refractivity contribution in [2.24, 2.45) is 11.3 Å². The molecule has 1 saturated carbocycles. The summed E-state index contributed by atoms with van der Waals surface area (Å²) in [7, 11) is 0. The van der Waals surface area contributed by atoms with E-state index in [1.165, 1.54) is 6.42 Å². The Bertz CT molecular complexity index is 418. The molecule has 1 aliphatic carbocycles. The molecule has 3 atom stereocenters. The first-order valence-corrected chi connectivity index (χ1v) is 9.38. The molecule has 5 heteroatoms. The first-order chi connectivity index (χ1) is 11.0. The van der Waals surface area contributed by atoms with Gasteiger partial charge in [0.05, 0.1) is 6.10 Å². The third kappa shape index (κ3) is 3.57. The quantitative estimate of drug-likeness (QED) is 0.829. The van der Waals surface area contributed by atoms with E-state index >= 15 is 0 Å². The van der Waals surface area contributed by atoms with Crippen molar-refractivity contribution in [1.29, 1.82) is 0 Å². The molecule has 3 fully saturated rings. The predicted octanol–water partition coefficient (Wildman–Crippen LogP) is 1.33. The second kappa shape index (κ2) is 7.08. The Morgan fingerprint density at radius 1 is 1.22 bits per heavy atom. The monoisotopic (exact) mass is 323 g/mol. The topological polar surface area (TPSA) is 44.8 Å². The van der Waals surface area contributed by atoms with Gasteiger partial charge in [-0.05, 0) is 19.4 Å². The minimum absolute atomic E-state index is 0.0769. The van der Waals surface area contributed by atoms with E-state index in [-0.39, 0.29) is 17.4 Å². The summed E-state index contributed by atoms with van der Waals surface area (Å²) < 4.78 is 5.92. The molecule has 1 amide bonds. The van der Waals surface area contributed by atoms with E-state index in [0.717, 1.165) is 52.3 Å². The Kier molecular flexibility index (Phi) is 5.29. The smallest absolute Gasteiger partial charge is 0.221 e. The number of piperazine rings is 1. The minimum atomic E-state index is 0.0769. The molecule has 2 heterocycles. The van der Waals surface area contributed by atoms with Crippen LogP contribution in [-0.4, -0.2) is 73.7 Å². The number of carbonyl (C=O) groups is 1. The molecule has 1 N–H and O–H groups in total. The summed E-state index contributed by atoms with van der Waals surface area (Å²) in [4.78, 5) is 17.3. The highest BCUT2D eigenvalue weighted by Gasteiger charge is 2.58. The summed E-state index contributed by atoms with van der Waals surface area (Å²) in [5.41, 5.74) is 0.0769. The van der Waals surface area contributed by atoms with Crippen LogP contribution in [-0.2, 0) is 9.53 Å². The van der Waals surface area contributed by atoms with E-state index in [1.54, 1.807) is 0 Å².